The van der Waals surface area contributed by atoms with Crippen molar-refractivity contribution in [3.8, 4) is 0 Å². The molecule has 1 saturated heterocycles. The molecule has 0 saturated carbocycles. The highest BCUT2D eigenvalue weighted by Crippen LogP contribution is 2.34. The zero-order valence-electron chi connectivity index (χ0n) is 10.7. The Kier molecular flexibility index (Phi) is 5.67. The molecule has 100 valence electrons. The van der Waals surface area contributed by atoms with Gasteiger partial charge in [-0.25, -0.2) is 0 Å². The van der Waals surface area contributed by atoms with Gasteiger partial charge in [-0.3, -0.25) is 0 Å². The van der Waals surface area contributed by atoms with Crippen molar-refractivity contribution in [3.63, 3.8) is 0 Å². The summed E-state index contributed by atoms with van der Waals surface area (Å²) in [6, 6.07) is 10.3. The van der Waals surface area contributed by atoms with Crippen molar-refractivity contribution in [2.24, 2.45) is 5.41 Å². The minimum absolute atomic E-state index is 0.287. The fourth-order valence-corrected chi connectivity index (χ4v) is 3.05. The van der Waals surface area contributed by atoms with Gasteiger partial charge in [-0.1, -0.05) is 46.3 Å². The Hall–Kier alpha value is -0.380. The average Bonchev–Trinajstić information content (AvgIpc) is 2.46. The van der Waals surface area contributed by atoms with E-state index in [0.29, 0.717) is 6.61 Å². The second-order valence-corrected chi connectivity index (χ2v) is 5.64. The number of halogens is 1. The molecule has 1 aliphatic rings. The van der Waals surface area contributed by atoms with Gasteiger partial charge in [0.05, 0.1) is 13.2 Å². The van der Waals surface area contributed by atoms with Crippen LogP contribution < -0.4 is 0 Å². The van der Waals surface area contributed by atoms with E-state index >= 15 is 0 Å². The lowest BCUT2D eigenvalue weighted by Gasteiger charge is -2.35. The zero-order chi connectivity index (χ0) is 12.7. The average molecular weight is 313 g/mol. The lowest BCUT2D eigenvalue weighted by atomic mass is 9.82. The van der Waals surface area contributed by atoms with Gasteiger partial charge >= 0.3 is 0 Å². The number of hydrogen-bond donors (Lipinski definition) is 0. The lowest BCUT2D eigenvalue weighted by molar-refractivity contribution is -0.0162. The van der Waals surface area contributed by atoms with Crippen molar-refractivity contribution in [3.05, 3.63) is 35.9 Å². The third kappa shape index (κ3) is 4.08. The van der Waals surface area contributed by atoms with E-state index in [1.807, 2.05) is 18.2 Å². The molecular weight excluding hydrogens is 292 g/mol. The van der Waals surface area contributed by atoms with Crippen LogP contribution in [0, 0.1) is 5.41 Å². The first-order chi connectivity index (χ1) is 8.85. The summed E-state index contributed by atoms with van der Waals surface area (Å²) >= 11 is 3.63. The normalized spacial score (nSPS) is 24.1. The predicted octanol–water partition coefficient (Wildman–Crippen LogP) is 3.79. The van der Waals surface area contributed by atoms with E-state index in [9.17, 15) is 0 Å². The van der Waals surface area contributed by atoms with E-state index in [2.05, 4.69) is 28.1 Å². The molecule has 1 heterocycles. The van der Waals surface area contributed by atoms with Gasteiger partial charge in [-0.2, -0.15) is 0 Å². The summed E-state index contributed by atoms with van der Waals surface area (Å²) in [5.74, 6) is 0. The summed E-state index contributed by atoms with van der Waals surface area (Å²) in [6.45, 7) is 3.30. The first-order valence-corrected chi connectivity index (χ1v) is 7.72. The molecular formula is C15H21BrO2. The smallest absolute Gasteiger partial charge is 0.0716 e. The van der Waals surface area contributed by atoms with E-state index in [-0.39, 0.29) is 5.41 Å². The molecule has 0 radical (unpaired) electrons. The van der Waals surface area contributed by atoms with Gasteiger partial charge < -0.3 is 9.47 Å². The van der Waals surface area contributed by atoms with Gasteiger partial charge in [0.25, 0.3) is 0 Å². The molecule has 0 N–H and O–H groups in total. The molecule has 0 bridgehead atoms. The standard InChI is InChI=1S/C15H21BrO2/c16-12-15(7-4-9-18-13-15)8-10-17-11-14-5-2-1-3-6-14/h1-3,5-6H,4,7-13H2. The summed E-state index contributed by atoms with van der Waals surface area (Å²) in [6.07, 6.45) is 3.49. The predicted molar refractivity (Wildman–Crippen MR) is 77.0 cm³/mol. The molecule has 18 heavy (non-hydrogen) atoms. The van der Waals surface area contributed by atoms with Crippen molar-refractivity contribution in [1.82, 2.24) is 0 Å². The SMILES string of the molecule is BrCC1(CCOCc2ccccc2)CCCOC1. The van der Waals surface area contributed by atoms with Crippen LogP contribution in [-0.2, 0) is 16.1 Å². The highest BCUT2D eigenvalue weighted by molar-refractivity contribution is 9.09. The molecule has 1 aromatic carbocycles. The highest BCUT2D eigenvalue weighted by atomic mass is 79.9. The van der Waals surface area contributed by atoms with Crippen LogP contribution in [0.4, 0.5) is 0 Å². The molecule has 0 amide bonds. The summed E-state index contributed by atoms with van der Waals surface area (Å²) in [5.41, 5.74) is 1.53. The molecule has 2 rings (SSSR count). The maximum absolute atomic E-state index is 5.77. The Morgan fingerprint density at radius 1 is 1.28 bits per heavy atom. The van der Waals surface area contributed by atoms with E-state index in [1.54, 1.807) is 0 Å². The highest BCUT2D eigenvalue weighted by Gasteiger charge is 2.31. The fraction of sp³-hybridized carbons (Fsp3) is 0.600. The number of hydrogen-bond acceptors (Lipinski definition) is 2. The van der Waals surface area contributed by atoms with Gasteiger partial charge in [-0.05, 0) is 24.8 Å². The molecule has 1 aliphatic heterocycles. The maximum atomic E-state index is 5.77. The summed E-state index contributed by atoms with van der Waals surface area (Å²) in [7, 11) is 0. The summed E-state index contributed by atoms with van der Waals surface area (Å²) in [5, 5.41) is 1.01. The second kappa shape index (κ2) is 7.27. The van der Waals surface area contributed by atoms with Crippen LogP contribution in [0.5, 0.6) is 0 Å². The van der Waals surface area contributed by atoms with Gasteiger partial charge in [0, 0.05) is 24.0 Å². The van der Waals surface area contributed by atoms with Crippen LogP contribution in [0.2, 0.25) is 0 Å². The Balaban J connectivity index is 1.71. The van der Waals surface area contributed by atoms with E-state index < -0.39 is 0 Å². The van der Waals surface area contributed by atoms with Crippen LogP contribution in [0.25, 0.3) is 0 Å². The van der Waals surface area contributed by atoms with E-state index in [4.69, 9.17) is 9.47 Å². The van der Waals surface area contributed by atoms with Gasteiger partial charge in [-0.15, -0.1) is 0 Å². The van der Waals surface area contributed by atoms with Gasteiger partial charge in [0.15, 0.2) is 0 Å². The first kappa shape index (κ1) is 14.0. The topological polar surface area (TPSA) is 18.5 Å². The van der Waals surface area contributed by atoms with Crippen molar-refractivity contribution in [2.45, 2.75) is 25.9 Å². The van der Waals surface area contributed by atoms with Crippen molar-refractivity contribution >= 4 is 15.9 Å². The van der Waals surface area contributed by atoms with E-state index in [0.717, 1.165) is 31.6 Å². The number of ether oxygens (including phenoxy) is 2. The van der Waals surface area contributed by atoms with Gasteiger partial charge in [0.1, 0.15) is 0 Å². The quantitative estimate of drug-likeness (QED) is 0.588. The van der Waals surface area contributed by atoms with Crippen LogP contribution >= 0.6 is 15.9 Å². The number of rotatable bonds is 6. The monoisotopic (exact) mass is 312 g/mol. The molecule has 1 unspecified atom stereocenters. The minimum atomic E-state index is 0.287. The third-order valence-corrected chi connectivity index (χ3v) is 4.77. The van der Waals surface area contributed by atoms with Gasteiger partial charge in [0.2, 0.25) is 0 Å². The second-order valence-electron chi connectivity index (χ2n) is 5.08. The van der Waals surface area contributed by atoms with Crippen molar-refractivity contribution < 1.29 is 9.47 Å². The maximum Gasteiger partial charge on any atom is 0.0716 e. The van der Waals surface area contributed by atoms with Crippen molar-refractivity contribution in [2.75, 3.05) is 25.2 Å². The summed E-state index contributed by atoms with van der Waals surface area (Å²) < 4.78 is 11.4. The Labute approximate surface area is 118 Å². The van der Waals surface area contributed by atoms with Crippen LogP contribution in [0.1, 0.15) is 24.8 Å². The van der Waals surface area contributed by atoms with Crippen molar-refractivity contribution in [1.29, 1.82) is 0 Å². The Morgan fingerprint density at radius 3 is 2.78 bits per heavy atom. The van der Waals surface area contributed by atoms with Crippen LogP contribution in [-0.4, -0.2) is 25.2 Å². The first-order valence-electron chi connectivity index (χ1n) is 6.60. The number of alkyl halides is 1. The minimum Gasteiger partial charge on any atom is -0.381 e. The largest absolute Gasteiger partial charge is 0.381 e. The molecule has 1 fully saturated rings. The van der Waals surface area contributed by atoms with Crippen LogP contribution in [0.15, 0.2) is 30.3 Å². The molecule has 0 aliphatic carbocycles. The van der Waals surface area contributed by atoms with Crippen LogP contribution in [0.3, 0.4) is 0 Å². The Bertz CT molecular complexity index is 334. The fourth-order valence-electron chi connectivity index (χ4n) is 2.33. The molecule has 2 nitrogen and oxygen atoms in total. The molecule has 1 atom stereocenters. The molecule has 0 spiro atoms. The Morgan fingerprint density at radius 2 is 2.11 bits per heavy atom. The van der Waals surface area contributed by atoms with E-state index in [1.165, 1.54) is 18.4 Å². The molecule has 3 heteroatoms. The third-order valence-electron chi connectivity index (χ3n) is 3.58. The summed E-state index contributed by atoms with van der Waals surface area (Å²) in [4.78, 5) is 0. The zero-order valence-corrected chi connectivity index (χ0v) is 12.3. The molecule has 1 aromatic rings. The number of benzene rings is 1. The lowest BCUT2D eigenvalue weighted by Crippen LogP contribution is -2.34. The molecule has 0 aromatic heterocycles.